The minimum absolute atomic E-state index is 0.414. The third-order valence-corrected chi connectivity index (χ3v) is 17.0. The lowest BCUT2D eigenvalue weighted by Crippen LogP contribution is -2.18. The van der Waals surface area contributed by atoms with Crippen LogP contribution < -0.4 is 14.7 Å². The Labute approximate surface area is 488 Å². The van der Waals surface area contributed by atoms with E-state index in [1.54, 1.807) is 0 Å². The molecule has 0 bridgehead atoms. The van der Waals surface area contributed by atoms with Crippen molar-refractivity contribution in [3.8, 4) is 44.5 Å². The van der Waals surface area contributed by atoms with Crippen LogP contribution in [0, 0.1) is 20.8 Å². The van der Waals surface area contributed by atoms with Gasteiger partial charge in [-0.2, -0.15) is 0 Å². The molecule has 13 aromatic rings. The fraction of sp³-hybridized carbons (Fsp3) is 0.0750. The molecule has 14 rings (SSSR count). The molecule has 0 saturated carbocycles. The summed E-state index contributed by atoms with van der Waals surface area (Å²) in [6.07, 6.45) is 0. The monoisotopic (exact) mass is 1070 g/mol. The van der Waals surface area contributed by atoms with Gasteiger partial charge in [-0.15, -0.1) is 0 Å². The Hall–Kier alpha value is -10.2. The van der Waals surface area contributed by atoms with Gasteiger partial charge in [0.05, 0.1) is 28.4 Å². The van der Waals surface area contributed by atoms with Gasteiger partial charge in [0.25, 0.3) is 0 Å². The second-order valence-corrected chi connectivity index (χ2v) is 22.7. The highest BCUT2D eigenvalue weighted by Crippen LogP contribution is 2.58. The fourth-order valence-corrected chi connectivity index (χ4v) is 12.8. The Balaban J connectivity index is 1.09. The minimum atomic E-state index is -0.414. The maximum atomic E-state index is 2.57. The molecule has 0 aromatic heterocycles. The van der Waals surface area contributed by atoms with E-state index in [2.05, 4.69) is 341 Å². The summed E-state index contributed by atoms with van der Waals surface area (Å²) in [6.45, 7) is 11.4. The van der Waals surface area contributed by atoms with Gasteiger partial charge in [-0.05, 0) is 139 Å². The van der Waals surface area contributed by atoms with E-state index < -0.39 is 5.41 Å². The molecule has 0 unspecified atom stereocenters. The second kappa shape index (κ2) is 21.0. The lowest BCUT2D eigenvalue weighted by atomic mass is 9.81. The summed E-state index contributed by atoms with van der Waals surface area (Å²) < 4.78 is 0. The molecule has 13 aromatic carbocycles. The van der Waals surface area contributed by atoms with Crippen molar-refractivity contribution in [2.45, 2.75) is 40.0 Å². The summed E-state index contributed by atoms with van der Waals surface area (Å²) in [4.78, 5) is 7.55. The molecule has 0 saturated heterocycles. The average Bonchev–Trinajstić information content (AvgIpc) is 3.89. The molecule has 0 radical (unpaired) electrons. The topological polar surface area (TPSA) is 9.72 Å². The normalized spacial score (nSPS) is 12.3. The van der Waals surface area contributed by atoms with E-state index in [9.17, 15) is 0 Å². The second-order valence-electron chi connectivity index (χ2n) is 22.7. The first kappa shape index (κ1) is 51.0. The summed E-state index contributed by atoms with van der Waals surface area (Å²) >= 11 is 0. The highest BCUT2D eigenvalue weighted by molar-refractivity contribution is 6.25. The number of nitrogens with zero attached hydrogens (tertiary/aromatic N) is 3. The van der Waals surface area contributed by atoms with Crippen LogP contribution in [0.2, 0.25) is 0 Å². The van der Waals surface area contributed by atoms with E-state index >= 15 is 0 Å². The Morgan fingerprint density at radius 3 is 0.988 bits per heavy atom. The van der Waals surface area contributed by atoms with Gasteiger partial charge in [-0.1, -0.05) is 243 Å². The smallest absolute Gasteiger partial charge is 0.0620 e. The van der Waals surface area contributed by atoms with Gasteiger partial charge >= 0.3 is 0 Å². The maximum absolute atomic E-state index is 2.57. The summed E-state index contributed by atoms with van der Waals surface area (Å²) in [5, 5.41) is 4.61. The third kappa shape index (κ3) is 9.03. The van der Waals surface area contributed by atoms with E-state index in [1.165, 1.54) is 50.1 Å². The molecule has 0 N–H and O–H groups in total. The zero-order valence-corrected chi connectivity index (χ0v) is 47.6. The van der Waals surface area contributed by atoms with Crippen LogP contribution in [-0.2, 0) is 5.41 Å². The first-order valence-corrected chi connectivity index (χ1v) is 28.9. The zero-order chi connectivity index (χ0) is 56.2. The van der Waals surface area contributed by atoms with E-state index in [0.29, 0.717) is 0 Å². The van der Waals surface area contributed by atoms with Crippen molar-refractivity contribution in [2.24, 2.45) is 0 Å². The first-order chi connectivity index (χ1) is 40.7. The van der Waals surface area contributed by atoms with Crippen LogP contribution >= 0.6 is 0 Å². The van der Waals surface area contributed by atoms with Crippen molar-refractivity contribution in [2.75, 3.05) is 14.7 Å². The van der Waals surface area contributed by atoms with Gasteiger partial charge in [0, 0.05) is 66.4 Å². The highest BCUT2D eigenvalue weighted by atomic mass is 15.2. The first-order valence-electron chi connectivity index (χ1n) is 28.9. The van der Waals surface area contributed by atoms with Crippen LogP contribution in [0.5, 0.6) is 0 Å². The summed E-state index contributed by atoms with van der Waals surface area (Å²) in [5.41, 5.74) is 25.2. The standard InChI is InChI=1S/C80H63N3/c1-54-37-43-60(44-38-54)81(75-34-20-17-29-64(75)57-23-9-6-10-24-57)63-49-50-67-70-52-71-72(53-74(70)80(4,5)73(67)51-63)79(83(62-47-41-56(3)42-48-62)77-36-22-19-31-66(77)59-27-13-8-14-28-59)69-33-16-15-32-68(69)78(71)82(61-45-39-55(2)40-46-61)76-35-21-18-30-65(76)58-25-11-7-12-26-58/h6-53H,1-5H3. The third-order valence-electron chi connectivity index (χ3n) is 17.0. The zero-order valence-electron chi connectivity index (χ0n) is 47.6. The maximum Gasteiger partial charge on any atom is 0.0620 e. The highest BCUT2D eigenvalue weighted by Gasteiger charge is 2.39. The molecule has 0 aliphatic heterocycles. The number of aryl methyl sites for hydroxylation is 3. The molecule has 0 atom stereocenters. The molecule has 0 fully saturated rings. The largest absolute Gasteiger partial charge is 0.310 e. The molecular formula is C80H63N3. The Morgan fingerprint density at radius 1 is 0.241 bits per heavy atom. The average molecular weight is 1070 g/mol. The SMILES string of the molecule is Cc1ccc(N(c2ccc3c(c2)C(C)(C)c2cc4c(N(c5ccc(C)cc5)c5ccccc5-c5ccccc5)c5ccccc5c(N(c5ccc(C)cc5)c5ccccc5-c5ccccc5)c4cc2-3)c2ccccc2-c2ccccc2)cc1. The molecule has 3 nitrogen and oxygen atoms in total. The van der Waals surface area contributed by atoms with Gasteiger partial charge in [0.2, 0.25) is 0 Å². The number of hydrogen-bond donors (Lipinski definition) is 0. The lowest BCUT2D eigenvalue weighted by Gasteiger charge is -2.35. The fourth-order valence-electron chi connectivity index (χ4n) is 12.8. The molecular weight excluding hydrogens is 1000 g/mol. The van der Waals surface area contributed by atoms with Gasteiger partial charge in [-0.3, -0.25) is 0 Å². The Kier molecular flexibility index (Phi) is 12.9. The quantitative estimate of drug-likeness (QED) is 0.0892. The van der Waals surface area contributed by atoms with Crippen LogP contribution in [0.4, 0.5) is 51.2 Å². The van der Waals surface area contributed by atoms with Crippen molar-refractivity contribution in [3.05, 3.63) is 319 Å². The summed E-state index contributed by atoms with van der Waals surface area (Å²) in [6, 6.07) is 108. The summed E-state index contributed by atoms with van der Waals surface area (Å²) in [5.74, 6) is 0. The molecule has 83 heavy (non-hydrogen) atoms. The van der Waals surface area contributed by atoms with Crippen LogP contribution in [0.15, 0.2) is 291 Å². The lowest BCUT2D eigenvalue weighted by molar-refractivity contribution is 0.661. The van der Waals surface area contributed by atoms with Crippen molar-refractivity contribution < 1.29 is 0 Å². The number of rotatable bonds is 12. The van der Waals surface area contributed by atoms with Gasteiger partial charge in [0.15, 0.2) is 0 Å². The number of fused-ring (bicyclic) bond motifs is 5. The van der Waals surface area contributed by atoms with Gasteiger partial charge < -0.3 is 14.7 Å². The van der Waals surface area contributed by atoms with Crippen LogP contribution in [0.1, 0.15) is 41.7 Å². The number of benzene rings is 13. The van der Waals surface area contributed by atoms with E-state index in [1.807, 2.05) is 0 Å². The van der Waals surface area contributed by atoms with E-state index in [0.717, 1.165) is 95.0 Å². The van der Waals surface area contributed by atoms with Crippen LogP contribution in [-0.4, -0.2) is 0 Å². The molecule has 1 aliphatic carbocycles. The van der Waals surface area contributed by atoms with Crippen molar-refractivity contribution in [1.82, 2.24) is 0 Å². The molecule has 1 aliphatic rings. The predicted molar refractivity (Wildman–Crippen MR) is 354 cm³/mol. The minimum Gasteiger partial charge on any atom is -0.310 e. The van der Waals surface area contributed by atoms with Crippen LogP contribution in [0.25, 0.3) is 66.1 Å². The Morgan fingerprint density at radius 2 is 0.566 bits per heavy atom. The molecule has 398 valence electrons. The van der Waals surface area contributed by atoms with Crippen molar-refractivity contribution in [1.29, 1.82) is 0 Å². The van der Waals surface area contributed by atoms with Crippen molar-refractivity contribution in [3.63, 3.8) is 0 Å². The summed E-state index contributed by atoms with van der Waals surface area (Å²) in [7, 11) is 0. The predicted octanol–water partition coefficient (Wildman–Crippen LogP) is 22.6. The number of anilines is 9. The molecule has 0 amide bonds. The van der Waals surface area contributed by atoms with Gasteiger partial charge in [-0.25, -0.2) is 0 Å². The Bertz CT molecular complexity index is 4530. The van der Waals surface area contributed by atoms with Crippen LogP contribution in [0.3, 0.4) is 0 Å². The molecule has 0 spiro atoms. The molecule has 3 heteroatoms. The molecule has 0 heterocycles. The van der Waals surface area contributed by atoms with E-state index in [-0.39, 0.29) is 0 Å². The van der Waals surface area contributed by atoms with Gasteiger partial charge in [0.1, 0.15) is 0 Å². The number of hydrogen-bond acceptors (Lipinski definition) is 3. The van der Waals surface area contributed by atoms with E-state index in [4.69, 9.17) is 0 Å². The number of para-hydroxylation sites is 3. The van der Waals surface area contributed by atoms with Crippen molar-refractivity contribution >= 4 is 72.7 Å².